The first-order valence-electron chi connectivity index (χ1n) is 7.47. The van der Waals surface area contributed by atoms with Gasteiger partial charge in [0.15, 0.2) is 0 Å². The first kappa shape index (κ1) is 16.8. The molecule has 3 nitrogen and oxygen atoms in total. The summed E-state index contributed by atoms with van der Waals surface area (Å²) in [5, 5.41) is 6.46. The van der Waals surface area contributed by atoms with Crippen molar-refractivity contribution < 1.29 is 4.79 Å². The fourth-order valence-electron chi connectivity index (χ4n) is 2.99. The largest absolute Gasteiger partial charge is 0.354 e. The molecule has 0 aromatic heterocycles. The maximum atomic E-state index is 12.2. The molecular formula is C16H22BrClN2O. The predicted octanol–water partition coefficient (Wildman–Crippen LogP) is 3.16. The topological polar surface area (TPSA) is 41.1 Å². The Morgan fingerprint density at radius 3 is 2.81 bits per heavy atom. The van der Waals surface area contributed by atoms with Crippen LogP contribution >= 0.6 is 28.3 Å². The van der Waals surface area contributed by atoms with E-state index in [1.165, 1.54) is 24.8 Å². The van der Waals surface area contributed by atoms with Gasteiger partial charge >= 0.3 is 0 Å². The summed E-state index contributed by atoms with van der Waals surface area (Å²) in [4.78, 5) is 12.2. The van der Waals surface area contributed by atoms with Crippen LogP contribution in [0.5, 0.6) is 0 Å². The Kier molecular flexibility index (Phi) is 5.69. The minimum Gasteiger partial charge on any atom is -0.354 e. The van der Waals surface area contributed by atoms with E-state index in [0.29, 0.717) is 0 Å². The van der Waals surface area contributed by atoms with Gasteiger partial charge in [-0.1, -0.05) is 34.5 Å². The van der Waals surface area contributed by atoms with Gasteiger partial charge in [0.25, 0.3) is 0 Å². The highest BCUT2D eigenvalue weighted by Gasteiger charge is 2.44. The number of hydrogen-bond acceptors (Lipinski definition) is 2. The molecular weight excluding hydrogens is 352 g/mol. The molecule has 0 radical (unpaired) electrons. The zero-order valence-corrected chi connectivity index (χ0v) is 14.4. The van der Waals surface area contributed by atoms with Crippen LogP contribution < -0.4 is 10.6 Å². The molecule has 1 aromatic rings. The van der Waals surface area contributed by atoms with E-state index < -0.39 is 0 Å². The van der Waals surface area contributed by atoms with Crippen molar-refractivity contribution in [2.75, 3.05) is 13.1 Å². The summed E-state index contributed by atoms with van der Waals surface area (Å²) in [5.41, 5.74) is 1.51. The van der Waals surface area contributed by atoms with E-state index in [9.17, 15) is 4.79 Å². The second-order valence-corrected chi connectivity index (χ2v) is 6.93. The average Bonchev–Trinajstić information content (AvgIpc) is 3.27. The maximum Gasteiger partial charge on any atom is 0.237 e. The summed E-state index contributed by atoms with van der Waals surface area (Å²) in [6.07, 6.45) is 5.65. The van der Waals surface area contributed by atoms with Crippen LogP contribution in [-0.4, -0.2) is 25.0 Å². The quantitative estimate of drug-likeness (QED) is 0.851. The number of piperidine rings is 1. The van der Waals surface area contributed by atoms with E-state index >= 15 is 0 Å². The molecule has 5 heteroatoms. The lowest BCUT2D eigenvalue weighted by Gasteiger charge is -2.24. The molecule has 0 spiro atoms. The molecule has 3 rings (SSSR count). The Morgan fingerprint density at radius 1 is 1.38 bits per heavy atom. The van der Waals surface area contributed by atoms with Gasteiger partial charge in [-0.2, -0.15) is 0 Å². The fourth-order valence-corrected chi connectivity index (χ4v) is 3.39. The highest BCUT2D eigenvalue weighted by atomic mass is 79.9. The minimum atomic E-state index is 0. The van der Waals surface area contributed by atoms with Gasteiger partial charge < -0.3 is 10.6 Å². The molecule has 1 amide bonds. The van der Waals surface area contributed by atoms with E-state index in [2.05, 4.69) is 44.8 Å². The SMILES string of the molecule is Cl.O=C(NCC1(c2cccc(Br)c2)CC1)C1CCCCN1. The van der Waals surface area contributed by atoms with Crippen LogP contribution in [0.3, 0.4) is 0 Å². The van der Waals surface area contributed by atoms with E-state index in [0.717, 1.165) is 30.4 Å². The van der Waals surface area contributed by atoms with Crippen molar-refractivity contribution in [1.29, 1.82) is 0 Å². The van der Waals surface area contributed by atoms with E-state index in [1.807, 2.05) is 6.07 Å². The smallest absolute Gasteiger partial charge is 0.237 e. The number of halogens is 2. The molecule has 1 atom stereocenters. The van der Waals surface area contributed by atoms with Crippen LogP contribution in [-0.2, 0) is 10.2 Å². The molecule has 116 valence electrons. The van der Waals surface area contributed by atoms with Gasteiger partial charge in [0.1, 0.15) is 0 Å². The third-order valence-electron chi connectivity index (χ3n) is 4.52. The molecule has 1 aliphatic carbocycles. The van der Waals surface area contributed by atoms with Crippen LogP contribution in [0.15, 0.2) is 28.7 Å². The number of rotatable bonds is 4. The Labute approximate surface area is 140 Å². The van der Waals surface area contributed by atoms with Crippen molar-refractivity contribution in [3.05, 3.63) is 34.3 Å². The van der Waals surface area contributed by atoms with Gasteiger partial charge in [0.05, 0.1) is 6.04 Å². The lowest BCUT2D eigenvalue weighted by molar-refractivity contribution is -0.123. The van der Waals surface area contributed by atoms with Gasteiger partial charge in [-0.15, -0.1) is 12.4 Å². The second-order valence-electron chi connectivity index (χ2n) is 6.01. The van der Waals surface area contributed by atoms with Gasteiger partial charge in [-0.05, 0) is 49.9 Å². The molecule has 2 N–H and O–H groups in total. The molecule has 1 aliphatic heterocycles. The van der Waals surface area contributed by atoms with Crippen molar-refractivity contribution >= 4 is 34.2 Å². The van der Waals surface area contributed by atoms with E-state index in [1.54, 1.807) is 0 Å². The number of nitrogens with one attached hydrogen (secondary N) is 2. The van der Waals surface area contributed by atoms with Crippen molar-refractivity contribution in [1.82, 2.24) is 10.6 Å². The standard InChI is InChI=1S/C16H21BrN2O.ClH/c17-13-5-3-4-12(10-13)16(7-8-16)11-19-15(20)14-6-1-2-9-18-14;/h3-5,10,14,18H,1-2,6-9,11H2,(H,19,20);1H. The van der Waals surface area contributed by atoms with E-state index in [4.69, 9.17) is 0 Å². The van der Waals surface area contributed by atoms with Gasteiger partial charge in [0, 0.05) is 16.4 Å². The summed E-state index contributed by atoms with van der Waals surface area (Å²) < 4.78 is 1.11. The molecule has 2 aliphatic rings. The van der Waals surface area contributed by atoms with Gasteiger partial charge in [-0.25, -0.2) is 0 Å². The number of carbonyl (C=O) groups is 1. The van der Waals surface area contributed by atoms with Crippen LogP contribution in [0.25, 0.3) is 0 Å². The Balaban J connectivity index is 0.00000161. The fraction of sp³-hybridized carbons (Fsp3) is 0.562. The molecule has 1 saturated carbocycles. The zero-order valence-electron chi connectivity index (χ0n) is 12.0. The highest BCUT2D eigenvalue weighted by molar-refractivity contribution is 9.10. The molecule has 1 unspecified atom stereocenters. The average molecular weight is 374 g/mol. The molecule has 0 bridgehead atoms. The summed E-state index contributed by atoms with van der Waals surface area (Å²) in [6.45, 7) is 1.73. The molecule has 1 aromatic carbocycles. The van der Waals surface area contributed by atoms with Crippen molar-refractivity contribution in [3.63, 3.8) is 0 Å². The van der Waals surface area contributed by atoms with Gasteiger partial charge in [-0.3, -0.25) is 4.79 Å². The van der Waals surface area contributed by atoms with Crippen LogP contribution in [0, 0.1) is 0 Å². The second kappa shape index (κ2) is 7.12. The lowest BCUT2D eigenvalue weighted by Crippen LogP contribution is -2.48. The summed E-state index contributed by atoms with van der Waals surface area (Å²) >= 11 is 3.53. The minimum absolute atomic E-state index is 0. The Morgan fingerprint density at radius 2 is 2.19 bits per heavy atom. The summed E-state index contributed by atoms with van der Waals surface area (Å²) in [5.74, 6) is 0.172. The molecule has 1 heterocycles. The van der Waals surface area contributed by atoms with Crippen LogP contribution in [0.2, 0.25) is 0 Å². The third kappa shape index (κ3) is 3.99. The Hall–Kier alpha value is -0.580. The summed E-state index contributed by atoms with van der Waals surface area (Å²) in [7, 11) is 0. The van der Waals surface area contributed by atoms with Crippen LogP contribution in [0.1, 0.15) is 37.7 Å². The highest BCUT2D eigenvalue weighted by Crippen LogP contribution is 2.48. The molecule has 1 saturated heterocycles. The van der Waals surface area contributed by atoms with Crippen molar-refractivity contribution in [2.24, 2.45) is 0 Å². The van der Waals surface area contributed by atoms with Gasteiger partial charge in [0.2, 0.25) is 5.91 Å². The monoisotopic (exact) mass is 372 g/mol. The van der Waals surface area contributed by atoms with Crippen molar-refractivity contribution in [3.8, 4) is 0 Å². The number of amides is 1. The molecule has 2 fully saturated rings. The number of hydrogen-bond donors (Lipinski definition) is 2. The van der Waals surface area contributed by atoms with Crippen molar-refractivity contribution in [2.45, 2.75) is 43.6 Å². The first-order valence-corrected chi connectivity index (χ1v) is 8.26. The third-order valence-corrected chi connectivity index (χ3v) is 5.01. The number of carbonyl (C=O) groups excluding carboxylic acids is 1. The first-order chi connectivity index (χ1) is 9.70. The summed E-state index contributed by atoms with van der Waals surface area (Å²) in [6, 6.07) is 8.48. The maximum absolute atomic E-state index is 12.2. The lowest BCUT2D eigenvalue weighted by atomic mass is 9.95. The van der Waals surface area contributed by atoms with Crippen LogP contribution in [0.4, 0.5) is 0 Å². The zero-order chi connectivity index (χ0) is 14.0. The Bertz CT molecular complexity index is 499. The molecule has 21 heavy (non-hydrogen) atoms. The normalized spacial score (nSPS) is 23.0. The number of benzene rings is 1. The predicted molar refractivity (Wildman–Crippen MR) is 91.0 cm³/mol. The van der Waals surface area contributed by atoms with E-state index in [-0.39, 0.29) is 29.8 Å².